The second-order valence-electron chi connectivity index (χ2n) is 6.11. The first kappa shape index (κ1) is 16.1. The molecule has 2 rings (SSSR count). The van der Waals surface area contributed by atoms with E-state index in [0.717, 1.165) is 18.3 Å². The highest BCUT2D eigenvalue weighted by Crippen LogP contribution is 2.22. The summed E-state index contributed by atoms with van der Waals surface area (Å²) in [4.78, 5) is 4.25. The zero-order chi connectivity index (χ0) is 16.0. The summed E-state index contributed by atoms with van der Waals surface area (Å²) in [5.74, 6) is 1.66. The number of aryl methyl sites for hydroxylation is 1. The van der Waals surface area contributed by atoms with Crippen LogP contribution in [0.4, 0.5) is 0 Å². The fourth-order valence-electron chi connectivity index (χ4n) is 2.22. The van der Waals surface area contributed by atoms with Gasteiger partial charge < -0.3 is 15.1 Å². The largest absolute Gasteiger partial charge is 0.467 e. The Kier molecular flexibility index (Phi) is 5.26. The number of nitrogens with one attached hydrogen (secondary N) is 2. The monoisotopic (exact) mass is 299 g/mol. The summed E-state index contributed by atoms with van der Waals surface area (Å²) < 4.78 is 5.31. The van der Waals surface area contributed by atoms with Crippen molar-refractivity contribution in [3.8, 4) is 0 Å². The first-order chi connectivity index (χ1) is 10.5. The third kappa shape index (κ3) is 4.38. The van der Waals surface area contributed by atoms with E-state index in [1.807, 2.05) is 12.1 Å². The van der Waals surface area contributed by atoms with Gasteiger partial charge in [-0.25, -0.2) is 0 Å². The molecule has 0 unspecified atom stereocenters. The van der Waals surface area contributed by atoms with E-state index in [2.05, 4.69) is 60.7 Å². The minimum absolute atomic E-state index is 0.0238. The van der Waals surface area contributed by atoms with Gasteiger partial charge in [0, 0.05) is 19.0 Å². The lowest BCUT2D eigenvalue weighted by Crippen LogP contribution is -2.43. The van der Waals surface area contributed by atoms with Crippen LogP contribution in [0.5, 0.6) is 0 Å². The molecule has 4 nitrogen and oxygen atoms in total. The van der Waals surface area contributed by atoms with Crippen LogP contribution in [0.15, 0.2) is 52.1 Å². The number of benzene rings is 1. The molecule has 22 heavy (non-hydrogen) atoms. The van der Waals surface area contributed by atoms with Gasteiger partial charge in [-0.05, 0) is 24.6 Å². The number of guanidine groups is 1. The van der Waals surface area contributed by atoms with Crippen LogP contribution in [0.3, 0.4) is 0 Å². The van der Waals surface area contributed by atoms with Gasteiger partial charge in [0.2, 0.25) is 0 Å². The molecule has 0 aliphatic heterocycles. The molecule has 0 bridgehead atoms. The Bertz CT molecular complexity index is 598. The summed E-state index contributed by atoms with van der Waals surface area (Å²) >= 11 is 0. The standard InChI is InChI=1S/C18H25N3O/c1-14-7-9-15(10-8-14)18(2,3)13-21-17(19-4)20-12-16-6-5-11-22-16/h5-11H,12-13H2,1-4H3,(H2,19,20,21). The van der Waals surface area contributed by atoms with Crippen molar-refractivity contribution in [1.82, 2.24) is 10.6 Å². The summed E-state index contributed by atoms with van der Waals surface area (Å²) in [5, 5.41) is 6.63. The number of hydrogen-bond donors (Lipinski definition) is 2. The quantitative estimate of drug-likeness (QED) is 0.658. The lowest BCUT2D eigenvalue weighted by molar-refractivity contribution is 0.492. The number of rotatable bonds is 5. The Morgan fingerprint density at radius 1 is 1.14 bits per heavy atom. The summed E-state index contributed by atoms with van der Waals surface area (Å²) in [6.07, 6.45) is 1.67. The lowest BCUT2D eigenvalue weighted by atomic mass is 9.84. The molecule has 0 saturated carbocycles. The van der Waals surface area contributed by atoms with Crippen molar-refractivity contribution in [1.29, 1.82) is 0 Å². The Balaban J connectivity index is 1.90. The molecule has 0 saturated heterocycles. The van der Waals surface area contributed by atoms with E-state index in [-0.39, 0.29) is 5.41 Å². The van der Waals surface area contributed by atoms with Crippen molar-refractivity contribution in [3.05, 3.63) is 59.5 Å². The zero-order valence-electron chi connectivity index (χ0n) is 13.8. The van der Waals surface area contributed by atoms with Gasteiger partial charge in [-0.15, -0.1) is 0 Å². The molecule has 118 valence electrons. The van der Waals surface area contributed by atoms with Gasteiger partial charge in [0.15, 0.2) is 5.96 Å². The third-order valence-electron chi connectivity index (χ3n) is 3.76. The van der Waals surface area contributed by atoms with Crippen molar-refractivity contribution >= 4 is 5.96 Å². The Hall–Kier alpha value is -2.23. The number of furan rings is 1. The van der Waals surface area contributed by atoms with E-state index in [1.54, 1.807) is 13.3 Å². The molecule has 0 aliphatic carbocycles. The number of aliphatic imine (C=N–C) groups is 1. The van der Waals surface area contributed by atoms with E-state index in [0.29, 0.717) is 6.54 Å². The zero-order valence-corrected chi connectivity index (χ0v) is 13.8. The van der Waals surface area contributed by atoms with Crippen molar-refractivity contribution in [3.63, 3.8) is 0 Å². The third-order valence-corrected chi connectivity index (χ3v) is 3.76. The first-order valence-electron chi connectivity index (χ1n) is 7.55. The van der Waals surface area contributed by atoms with E-state index < -0.39 is 0 Å². The smallest absolute Gasteiger partial charge is 0.191 e. The van der Waals surface area contributed by atoms with Gasteiger partial charge in [-0.1, -0.05) is 43.7 Å². The van der Waals surface area contributed by atoms with E-state index in [9.17, 15) is 0 Å². The molecule has 0 amide bonds. The summed E-state index contributed by atoms with van der Waals surface area (Å²) in [7, 11) is 1.77. The molecule has 0 radical (unpaired) electrons. The number of hydrogen-bond acceptors (Lipinski definition) is 2. The Labute approximate surface area is 132 Å². The van der Waals surface area contributed by atoms with Gasteiger partial charge in [-0.2, -0.15) is 0 Å². The molecule has 0 atom stereocenters. The van der Waals surface area contributed by atoms with E-state index in [1.165, 1.54) is 11.1 Å². The predicted molar refractivity (Wildman–Crippen MR) is 91.1 cm³/mol. The van der Waals surface area contributed by atoms with Crippen molar-refractivity contribution in [2.45, 2.75) is 32.7 Å². The average Bonchev–Trinajstić information content (AvgIpc) is 3.01. The van der Waals surface area contributed by atoms with Crippen LogP contribution in [-0.2, 0) is 12.0 Å². The molecule has 0 aliphatic rings. The Morgan fingerprint density at radius 3 is 2.45 bits per heavy atom. The fourth-order valence-corrected chi connectivity index (χ4v) is 2.22. The average molecular weight is 299 g/mol. The molecule has 4 heteroatoms. The van der Waals surface area contributed by atoms with Crippen LogP contribution < -0.4 is 10.6 Å². The van der Waals surface area contributed by atoms with Gasteiger partial charge in [0.05, 0.1) is 12.8 Å². The van der Waals surface area contributed by atoms with Gasteiger partial charge in [0.1, 0.15) is 5.76 Å². The minimum atomic E-state index is 0.0238. The molecule has 1 aromatic carbocycles. The summed E-state index contributed by atoms with van der Waals surface area (Å²) in [5.41, 5.74) is 2.62. The van der Waals surface area contributed by atoms with Gasteiger partial charge in [-0.3, -0.25) is 4.99 Å². The highest BCUT2D eigenvalue weighted by atomic mass is 16.3. The molecule has 2 N–H and O–H groups in total. The van der Waals surface area contributed by atoms with Crippen LogP contribution >= 0.6 is 0 Å². The second kappa shape index (κ2) is 7.16. The highest BCUT2D eigenvalue weighted by Gasteiger charge is 2.20. The molecule has 1 heterocycles. The maximum atomic E-state index is 5.31. The topological polar surface area (TPSA) is 49.6 Å². The SMILES string of the molecule is CN=C(NCc1ccco1)NCC(C)(C)c1ccc(C)cc1. The molecule has 0 spiro atoms. The van der Waals surface area contributed by atoms with Gasteiger partial charge in [0.25, 0.3) is 0 Å². The van der Waals surface area contributed by atoms with Crippen LogP contribution in [0.1, 0.15) is 30.7 Å². The minimum Gasteiger partial charge on any atom is -0.467 e. The molecule has 1 aromatic heterocycles. The van der Waals surface area contributed by atoms with Crippen LogP contribution in [0.25, 0.3) is 0 Å². The van der Waals surface area contributed by atoms with Crippen LogP contribution in [-0.4, -0.2) is 19.6 Å². The normalized spacial score (nSPS) is 12.3. The predicted octanol–water partition coefficient (Wildman–Crippen LogP) is 3.23. The van der Waals surface area contributed by atoms with Crippen molar-refractivity contribution in [2.24, 2.45) is 4.99 Å². The maximum Gasteiger partial charge on any atom is 0.191 e. The van der Waals surface area contributed by atoms with Gasteiger partial charge >= 0.3 is 0 Å². The number of nitrogens with zero attached hydrogens (tertiary/aromatic N) is 1. The molecule has 2 aromatic rings. The van der Waals surface area contributed by atoms with Crippen LogP contribution in [0, 0.1) is 6.92 Å². The molecule has 0 fully saturated rings. The summed E-state index contributed by atoms with van der Waals surface area (Å²) in [6.45, 7) is 7.98. The second-order valence-corrected chi connectivity index (χ2v) is 6.11. The first-order valence-corrected chi connectivity index (χ1v) is 7.55. The van der Waals surface area contributed by atoms with E-state index >= 15 is 0 Å². The Morgan fingerprint density at radius 2 is 1.86 bits per heavy atom. The van der Waals surface area contributed by atoms with Crippen LogP contribution in [0.2, 0.25) is 0 Å². The molecular weight excluding hydrogens is 274 g/mol. The summed E-state index contributed by atoms with van der Waals surface area (Å²) in [6, 6.07) is 12.5. The fraction of sp³-hybridized carbons (Fsp3) is 0.389. The maximum absolute atomic E-state index is 5.31. The van der Waals surface area contributed by atoms with Crippen molar-refractivity contribution in [2.75, 3.05) is 13.6 Å². The molecular formula is C18H25N3O. The van der Waals surface area contributed by atoms with E-state index in [4.69, 9.17) is 4.42 Å². The highest BCUT2D eigenvalue weighted by molar-refractivity contribution is 5.79. The lowest BCUT2D eigenvalue weighted by Gasteiger charge is -2.27. The van der Waals surface area contributed by atoms with Crippen molar-refractivity contribution < 1.29 is 4.42 Å².